The Kier molecular flexibility index (Phi) is 4.89. The molecule has 2 saturated heterocycles. The van der Waals surface area contributed by atoms with E-state index in [0.717, 1.165) is 50.6 Å². The zero-order valence-corrected chi connectivity index (χ0v) is 14.8. The van der Waals surface area contributed by atoms with Gasteiger partial charge in [0, 0.05) is 51.3 Å². The van der Waals surface area contributed by atoms with Crippen LogP contribution in [0.5, 0.6) is 0 Å². The lowest BCUT2D eigenvalue weighted by molar-refractivity contribution is -0.146. The number of likely N-dealkylation sites (tertiary alicyclic amines) is 2. The lowest BCUT2D eigenvalue weighted by Crippen LogP contribution is -2.50. The Balaban J connectivity index is 1.64. The van der Waals surface area contributed by atoms with Crippen LogP contribution in [-0.2, 0) is 11.3 Å². The number of thiazole rings is 1. The fourth-order valence-electron chi connectivity index (χ4n) is 3.76. The van der Waals surface area contributed by atoms with Crippen LogP contribution < -0.4 is 4.90 Å². The van der Waals surface area contributed by atoms with E-state index in [4.69, 9.17) is 5.11 Å². The maximum atomic E-state index is 12.8. The number of aliphatic hydroxyl groups is 1. The summed E-state index contributed by atoms with van der Waals surface area (Å²) in [6, 6.07) is 0. The topological polar surface area (TPSA) is 59.9 Å². The van der Waals surface area contributed by atoms with Crippen molar-refractivity contribution in [3.63, 3.8) is 0 Å². The Morgan fingerprint density at radius 3 is 2.91 bits per heavy atom. The third-order valence-electron chi connectivity index (χ3n) is 4.93. The second kappa shape index (κ2) is 6.75. The number of carbonyl (C=O) groups is 1. The molecule has 6 nitrogen and oxygen atoms in total. The minimum absolute atomic E-state index is 0.0553. The second-order valence-electron chi connectivity index (χ2n) is 6.86. The van der Waals surface area contributed by atoms with Gasteiger partial charge in [0.2, 0.25) is 5.91 Å². The summed E-state index contributed by atoms with van der Waals surface area (Å²) in [5, 5.41) is 10.2. The molecule has 3 heterocycles. The molecule has 2 aliphatic heterocycles. The summed E-state index contributed by atoms with van der Waals surface area (Å²) in [5.74, 6) is 0.249. The first kappa shape index (κ1) is 16.7. The maximum Gasteiger partial charge on any atom is 0.230 e. The number of anilines is 1. The zero-order valence-electron chi connectivity index (χ0n) is 14.0. The maximum absolute atomic E-state index is 12.8. The molecule has 7 heteroatoms. The highest BCUT2D eigenvalue weighted by atomic mass is 32.1. The van der Waals surface area contributed by atoms with Gasteiger partial charge in [0.05, 0.1) is 12.0 Å². The van der Waals surface area contributed by atoms with E-state index < -0.39 is 0 Å². The van der Waals surface area contributed by atoms with Gasteiger partial charge in [-0.2, -0.15) is 0 Å². The fourth-order valence-corrected chi connectivity index (χ4v) is 4.63. The molecule has 23 heavy (non-hydrogen) atoms. The van der Waals surface area contributed by atoms with Gasteiger partial charge in [-0.05, 0) is 25.8 Å². The van der Waals surface area contributed by atoms with Gasteiger partial charge in [0.25, 0.3) is 0 Å². The van der Waals surface area contributed by atoms with Crippen molar-refractivity contribution in [2.75, 3.05) is 51.8 Å². The highest BCUT2D eigenvalue weighted by Crippen LogP contribution is 2.40. The van der Waals surface area contributed by atoms with E-state index in [0.29, 0.717) is 6.54 Å². The summed E-state index contributed by atoms with van der Waals surface area (Å²) in [5.41, 5.74) is -0.220. The number of piperidine rings is 1. The number of hydrogen-bond acceptors (Lipinski definition) is 6. The first-order valence-corrected chi connectivity index (χ1v) is 9.10. The van der Waals surface area contributed by atoms with Crippen LogP contribution in [0.4, 0.5) is 5.13 Å². The number of hydrogen-bond donors (Lipinski definition) is 1. The summed E-state index contributed by atoms with van der Waals surface area (Å²) in [7, 11) is 4.01. The van der Waals surface area contributed by atoms with Gasteiger partial charge < -0.3 is 14.9 Å². The molecule has 1 amide bonds. The molecule has 0 aromatic carbocycles. The Bertz CT molecular complexity index is 560. The zero-order chi connectivity index (χ0) is 16.4. The van der Waals surface area contributed by atoms with Gasteiger partial charge in [-0.15, -0.1) is 11.3 Å². The summed E-state index contributed by atoms with van der Waals surface area (Å²) < 4.78 is 0. The van der Waals surface area contributed by atoms with Crippen molar-refractivity contribution in [3.8, 4) is 0 Å². The number of carbonyl (C=O) groups excluding carboxylic acids is 1. The van der Waals surface area contributed by atoms with E-state index in [1.165, 1.54) is 4.88 Å². The molecule has 1 unspecified atom stereocenters. The Morgan fingerprint density at radius 2 is 2.22 bits per heavy atom. The number of β-amino-alcohol motifs (C(OH)–C–C–N with tert-alkyl or cyclic N) is 1. The van der Waals surface area contributed by atoms with E-state index in [1.807, 2.05) is 30.1 Å². The Morgan fingerprint density at radius 1 is 1.39 bits per heavy atom. The molecule has 1 N–H and O–H groups in total. The van der Waals surface area contributed by atoms with Crippen LogP contribution in [-0.4, -0.2) is 72.7 Å². The molecular weight excluding hydrogens is 312 g/mol. The number of aliphatic hydroxyl groups excluding tert-OH is 1. The third-order valence-corrected chi connectivity index (χ3v) is 6.08. The van der Waals surface area contributed by atoms with Crippen molar-refractivity contribution < 1.29 is 9.90 Å². The molecule has 2 aliphatic rings. The summed E-state index contributed by atoms with van der Waals surface area (Å²) >= 11 is 1.72. The third kappa shape index (κ3) is 3.36. The van der Waals surface area contributed by atoms with Gasteiger partial charge in [0.15, 0.2) is 5.13 Å². The van der Waals surface area contributed by atoms with Crippen molar-refractivity contribution in [2.24, 2.45) is 5.41 Å². The molecule has 0 saturated carbocycles. The molecule has 3 rings (SSSR count). The monoisotopic (exact) mass is 338 g/mol. The van der Waals surface area contributed by atoms with Crippen molar-refractivity contribution >= 4 is 22.4 Å². The Labute approximate surface area is 141 Å². The largest absolute Gasteiger partial charge is 0.395 e. The molecule has 1 aromatic heterocycles. The predicted molar refractivity (Wildman–Crippen MR) is 91.7 cm³/mol. The van der Waals surface area contributed by atoms with E-state index in [-0.39, 0.29) is 17.9 Å². The van der Waals surface area contributed by atoms with Gasteiger partial charge in [0.1, 0.15) is 0 Å². The molecular formula is C16H26N4O2S. The molecule has 0 bridgehead atoms. The van der Waals surface area contributed by atoms with Crippen LogP contribution >= 0.6 is 11.3 Å². The van der Waals surface area contributed by atoms with E-state index in [1.54, 1.807) is 11.3 Å². The lowest BCUT2D eigenvalue weighted by Gasteiger charge is -2.39. The number of rotatable bonds is 5. The summed E-state index contributed by atoms with van der Waals surface area (Å²) in [4.78, 5) is 24.7. The number of aromatic nitrogens is 1. The molecule has 1 atom stereocenters. The number of nitrogens with zero attached hydrogens (tertiary/aromatic N) is 4. The SMILES string of the molecule is CN(C)c1ncc(CN2CCC3(CCCN(CCO)C3=O)C2)s1. The molecule has 0 radical (unpaired) electrons. The highest BCUT2D eigenvalue weighted by molar-refractivity contribution is 7.15. The van der Waals surface area contributed by atoms with E-state index >= 15 is 0 Å². The van der Waals surface area contributed by atoms with Gasteiger partial charge in [-0.1, -0.05) is 0 Å². The fraction of sp³-hybridized carbons (Fsp3) is 0.750. The second-order valence-corrected chi connectivity index (χ2v) is 7.96. The first-order chi connectivity index (χ1) is 11.0. The molecule has 128 valence electrons. The van der Waals surface area contributed by atoms with Crippen molar-refractivity contribution in [1.82, 2.24) is 14.8 Å². The average molecular weight is 338 g/mol. The molecule has 1 spiro atoms. The van der Waals surface area contributed by atoms with Gasteiger partial charge >= 0.3 is 0 Å². The van der Waals surface area contributed by atoms with Crippen LogP contribution in [0.2, 0.25) is 0 Å². The van der Waals surface area contributed by atoms with Crippen LogP contribution in [0, 0.1) is 5.41 Å². The van der Waals surface area contributed by atoms with E-state index in [2.05, 4.69) is 9.88 Å². The standard InChI is InChI=1S/C16H26N4O2S/c1-18(2)15-17-10-13(23-15)11-19-7-5-16(12-19)4-3-6-20(8-9-21)14(16)22/h10,21H,3-9,11-12H2,1-2H3. The van der Waals surface area contributed by atoms with Gasteiger partial charge in [-0.25, -0.2) is 4.98 Å². The van der Waals surface area contributed by atoms with Crippen LogP contribution in [0.15, 0.2) is 6.20 Å². The van der Waals surface area contributed by atoms with Crippen LogP contribution in [0.25, 0.3) is 0 Å². The van der Waals surface area contributed by atoms with Crippen molar-refractivity contribution in [2.45, 2.75) is 25.8 Å². The van der Waals surface area contributed by atoms with Crippen molar-refractivity contribution in [3.05, 3.63) is 11.1 Å². The minimum atomic E-state index is -0.220. The minimum Gasteiger partial charge on any atom is -0.395 e. The van der Waals surface area contributed by atoms with Crippen LogP contribution in [0.1, 0.15) is 24.1 Å². The van der Waals surface area contributed by atoms with Crippen molar-refractivity contribution in [1.29, 1.82) is 0 Å². The van der Waals surface area contributed by atoms with Gasteiger partial charge in [-0.3, -0.25) is 9.69 Å². The highest BCUT2D eigenvalue weighted by Gasteiger charge is 2.48. The van der Waals surface area contributed by atoms with E-state index in [9.17, 15) is 4.79 Å². The molecule has 0 aliphatic carbocycles. The lowest BCUT2D eigenvalue weighted by atomic mass is 9.78. The van der Waals surface area contributed by atoms with Crippen LogP contribution in [0.3, 0.4) is 0 Å². The summed E-state index contributed by atoms with van der Waals surface area (Å²) in [6.07, 6.45) is 4.92. The smallest absolute Gasteiger partial charge is 0.230 e. The summed E-state index contributed by atoms with van der Waals surface area (Å²) in [6.45, 7) is 4.00. The normalized spacial score (nSPS) is 25.5. The molecule has 1 aromatic rings. The number of amides is 1. The average Bonchev–Trinajstić information content (AvgIpc) is 3.13. The predicted octanol–water partition coefficient (Wildman–Crippen LogP) is 1.02. The quantitative estimate of drug-likeness (QED) is 0.868. The Hall–Kier alpha value is -1.18. The first-order valence-electron chi connectivity index (χ1n) is 8.29. The molecule has 2 fully saturated rings.